The van der Waals surface area contributed by atoms with E-state index in [4.69, 9.17) is 9.47 Å². The van der Waals surface area contributed by atoms with Crippen LogP contribution in [-0.2, 0) is 43.9 Å². The van der Waals surface area contributed by atoms with E-state index in [1.54, 1.807) is 18.2 Å². The van der Waals surface area contributed by atoms with E-state index >= 15 is 0 Å². The zero-order valence-electron chi connectivity index (χ0n) is 18.1. The average molecular weight is 458 g/mol. The van der Waals surface area contributed by atoms with Gasteiger partial charge in [0.2, 0.25) is 10.0 Å². The highest BCUT2D eigenvalue weighted by Gasteiger charge is 2.27. The summed E-state index contributed by atoms with van der Waals surface area (Å²) in [7, 11) is -3.61. The molecule has 0 amide bonds. The molecule has 1 aliphatic rings. The topological polar surface area (TPSA) is 90.7 Å². The predicted octanol–water partition coefficient (Wildman–Crippen LogP) is 2.75. The number of aromatic nitrogens is 2. The van der Waals surface area contributed by atoms with E-state index in [9.17, 15) is 13.2 Å². The van der Waals surface area contributed by atoms with Crippen LogP contribution >= 0.6 is 0 Å². The molecule has 8 nitrogen and oxygen atoms in total. The smallest absolute Gasteiger partial charge is 0.310 e. The highest BCUT2D eigenvalue weighted by atomic mass is 32.2. The van der Waals surface area contributed by atoms with Crippen molar-refractivity contribution in [2.45, 2.75) is 37.8 Å². The molecule has 1 aliphatic heterocycles. The summed E-state index contributed by atoms with van der Waals surface area (Å²) in [6, 6.07) is 14.4. The van der Waals surface area contributed by atoms with Crippen LogP contribution in [0.25, 0.3) is 11.0 Å². The Morgan fingerprint density at radius 2 is 1.88 bits per heavy atom. The summed E-state index contributed by atoms with van der Waals surface area (Å²) >= 11 is 0. The number of fused-ring (bicyclic) bond motifs is 1. The van der Waals surface area contributed by atoms with Gasteiger partial charge in [-0.2, -0.15) is 4.31 Å². The first kappa shape index (κ1) is 22.4. The minimum Gasteiger partial charge on any atom is -0.457 e. The molecule has 0 saturated carbocycles. The minimum absolute atomic E-state index is 0.0336. The molecule has 0 aliphatic carbocycles. The molecule has 0 radical (unpaired) electrons. The molecule has 9 heteroatoms. The molecular weight excluding hydrogens is 430 g/mol. The fourth-order valence-corrected chi connectivity index (χ4v) is 5.23. The second-order valence-corrected chi connectivity index (χ2v) is 9.61. The van der Waals surface area contributed by atoms with Gasteiger partial charge >= 0.3 is 5.97 Å². The number of carbonyl (C=O) groups excluding carboxylic acids is 1. The monoisotopic (exact) mass is 457 g/mol. The third-order valence-corrected chi connectivity index (χ3v) is 7.30. The molecular formula is C23H27N3O5S. The number of hydrogen-bond donors (Lipinski definition) is 0. The maximum atomic E-state index is 13.0. The zero-order valence-corrected chi connectivity index (χ0v) is 18.9. The number of ether oxygens (including phenoxy) is 2. The Bertz CT molecular complexity index is 1190. The Morgan fingerprint density at radius 1 is 1.12 bits per heavy atom. The number of rotatable bonds is 8. The van der Waals surface area contributed by atoms with Crippen molar-refractivity contribution in [1.82, 2.24) is 13.9 Å². The van der Waals surface area contributed by atoms with Crippen LogP contribution in [0.1, 0.15) is 24.7 Å². The van der Waals surface area contributed by atoms with Crippen LogP contribution in [0.15, 0.2) is 53.4 Å². The van der Waals surface area contributed by atoms with E-state index < -0.39 is 10.0 Å². The van der Waals surface area contributed by atoms with Crippen LogP contribution in [-0.4, -0.2) is 54.5 Å². The van der Waals surface area contributed by atoms with Gasteiger partial charge in [-0.1, -0.05) is 37.3 Å². The van der Waals surface area contributed by atoms with Crippen molar-refractivity contribution in [3.63, 3.8) is 0 Å². The van der Waals surface area contributed by atoms with E-state index in [1.165, 1.54) is 4.31 Å². The molecule has 0 spiro atoms. The summed E-state index contributed by atoms with van der Waals surface area (Å²) in [5.41, 5.74) is 2.28. The molecule has 0 N–H and O–H groups in total. The quantitative estimate of drug-likeness (QED) is 0.483. The predicted molar refractivity (Wildman–Crippen MR) is 120 cm³/mol. The first-order chi connectivity index (χ1) is 15.5. The molecule has 0 bridgehead atoms. The average Bonchev–Trinajstić information content (AvgIpc) is 3.16. The van der Waals surface area contributed by atoms with Crippen molar-refractivity contribution in [2.24, 2.45) is 0 Å². The maximum Gasteiger partial charge on any atom is 0.310 e. The van der Waals surface area contributed by atoms with Gasteiger partial charge in [-0.05, 0) is 30.2 Å². The Labute approximate surface area is 187 Å². The van der Waals surface area contributed by atoms with Crippen molar-refractivity contribution < 1.29 is 22.7 Å². The first-order valence-corrected chi connectivity index (χ1v) is 12.2. The molecule has 170 valence electrons. The Morgan fingerprint density at radius 3 is 2.59 bits per heavy atom. The fraction of sp³-hybridized carbons (Fsp3) is 0.391. The molecule has 4 rings (SSSR count). The van der Waals surface area contributed by atoms with Crippen LogP contribution in [0.2, 0.25) is 0 Å². The molecule has 1 aromatic heterocycles. The van der Waals surface area contributed by atoms with Gasteiger partial charge in [0.25, 0.3) is 0 Å². The van der Waals surface area contributed by atoms with Crippen LogP contribution in [0.3, 0.4) is 0 Å². The van der Waals surface area contributed by atoms with Crippen molar-refractivity contribution in [1.29, 1.82) is 0 Å². The lowest BCUT2D eigenvalue weighted by atomic mass is 10.2. The van der Waals surface area contributed by atoms with Crippen LogP contribution in [0, 0.1) is 0 Å². The molecule has 32 heavy (non-hydrogen) atoms. The van der Waals surface area contributed by atoms with E-state index in [0.717, 1.165) is 17.5 Å². The Balaban J connectivity index is 1.56. The number of benzene rings is 2. The second kappa shape index (κ2) is 9.81. The lowest BCUT2D eigenvalue weighted by Gasteiger charge is -2.26. The van der Waals surface area contributed by atoms with E-state index in [1.807, 2.05) is 41.8 Å². The Kier molecular flexibility index (Phi) is 6.88. The second-order valence-electron chi connectivity index (χ2n) is 7.67. The largest absolute Gasteiger partial charge is 0.457 e. The number of hydrogen-bond acceptors (Lipinski definition) is 6. The van der Waals surface area contributed by atoms with Gasteiger partial charge in [-0.3, -0.25) is 4.79 Å². The van der Waals surface area contributed by atoms with Crippen molar-refractivity contribution in [2.75, 3.05) is 26.3 Å². The van der Waals surface area contributed by atoms with Crippen LogP contribution in [0.4, 0.5) is 0 Å². The van der Waals surface area contributed by atoms with Gasteiger partial charge in [-0.15, -0.1) is 0 Å². The molecule has 0 atom stereocenters. The van der Waals surface area contributed by atoms with Gasteiger partial charge in [0.05, 0.1) is 35.6 Å². The van der Waals surface area contributed by atoms with Crippen molar-refractivity contribution in [3.05, 3.63) is 59.9 Å². The van der Waals surface area contributed by atoms with E-state index in [2.05, 4.69) is 4.98 Å². The number of esters is 1. The summed E-state index contributed by atoms with van der Waals surface area (Å²) < 4.78 is 40.2. The molecule has 1 saturated heterocycles. The SMILES string of the molecule is CCCn1c(COC(=O)Cc2ccccc2)nc2cc(S(=O)(=O)N3CCOCC3)ccc21. The fourth-order valence-electron chi connectivity index (χ4n) is 3.80. The van der Waals surface area contributed by atoms with Crippen LogP contribution < -0.4 is 0 Å². The molecule has 2 heterocycles. The summed E-state index contributed by atoms with van der Waals surface area (Å²) in [6.07, 6.45) is 1.06. The lowest BCUT2D eigenvalue weighted by Crippen LogP contribution is -2.40. The number of imidazole rings is 1. The van der Waals surface area contributed by atoms with Gasteiger partial charge in [0.15, 0.2) is 0 Å². The lowest BCUT2D eigenvalue weighted by molar-refractivity contribution is -0.144. The number of nitrogens with zero attached hydrogens (tertiary/aromatic N) is 3. The molecule has 1 fully saturated rings. The number of carbonyl (C=O) groups is 1. The summed E-state index contributed by atoms with van der Waals surface area (Å²) in [5, 5.41) is 0. The number of sulfonamides is 1. The number of morpholine rings is 1. The van der Waals surface area contributed by atoms with Gasteiger partial charge < -0.3 is 14.0 Å². The van der Waals surface area contributed by atoms with Gasteiger partial charge in [0.1, 0.15) is 12.4 Å². The summed E-state index contributed by atoms with van der Waals surface area (Å²) in [6.45, 7) is 4.24. The number of aryl methyl sites for hydroxylation is 1. The normalized spacial score (nSPS) is 15.2. The summed E-state index contributed by atoms with van der Waals surface area (Å²) in [5.74, 6) is 0.270. The minimum atomic E-state index is -3.61. The summed E-state index contributed by atoms with van der Waals surface area (Å²) in [4.78, 5) is 17.1. The van der Waals surface area contributed by atoms with E-state index in [-0.39, 0.29) is 23.9 Å². The van der Waals surface area contributed by atoms with E-state index in [0.29, 0.717) is 44.2 Å². The third kappa shape index (κ3) is 4.85. The zero-order chi connectivity index (χ0) is 22.6. The van der Waals surface area contributed by atoms with Crippen molar-refractivity contribution in [3.8, 4) is 0 Å². The standard InChI is InChI=1S/C23H27N3O5S/c1-2-10-26-21-9-8-19(32(28,29)25-11-13-30-14-12-25)16-20(21)24-22(26)17-31-23(27)15-18-6-4-3-5-7-18/h3-9,16H,2,10-15,17H2,1H3. The molecule has 3 aromatic rings. The van der Waals surface area contributed by atoms with Crippen molar-refractivity contribution >= 4 is 27.0 Å². The third-order valence-electron chi connectivity index (χ3n) is 5.41. The highest BCUT2D eigenvalue weighted by molar-refractivity contribution is 7.89. The molecule has 2 aromatic carbocycles. The maximum absolute atomic E-state index is 13.0. The van der Waals surface area contributed by atoms with Gasteiger partial charge in [-0.25, -0.2) is 13.4 Å². The van der Waals surface area contributed by atoms with Gasteiger partial charge in [0, 0.05) is 19.6 Å². The van der Waals surface area contributed by atoms with Crippen LogP contribution in [0.5, 0.6) is 0 Å². The highest BCUT2D eigenvalue weighted by Crippen LogP contribution is 2.24. The first-order valence-electron chi connectivity index (χ1n) is 10.8. The molecule has 0 unspecified atom stereocenters. The Hall–Kier alpha value is -2.75.